The Hall–Kier alpha value is -2.22. The molecule has 82 valence electrons. The lowest BCUT2D eigenvalue weighted by molar-refractivity contribution is 0.172. The van der Waals surface area contributed by atoms with Crippen LogP contribution in [0, 0.1) is 11.3 Å². The molecule has 1 fully saturated rings. The van der Waals surface area contributed by atoms with Gasteiger partial charge in [-0.1, -0.05) is 0 Å². The van der Waals surface area contributed by atoms with Gasteiger partial charge >= 0.3 is 6.09 Å². The van der Waals surface area contributed by atoms with Gasteiger partial charge < -0.3 is 9.84 Å². The molecule has 1 N–H and O–H groups in total. The van der Waals surface area contributed by atoms with Crippen LogP contribution in [0.1, 0.15) is 5.56 Å². The lowest BCUT2D eigenvalue weighted by Gasteiger charge is -2.04. The van der Waals surface area contributed by atoms with Crippen molar-refractivity contribution < 1.29 is 14.6 Å². The molecule has 5 nitrogen and oxygen atoms in total. The molecule has 1 aliphatic rings. The molecule has 0 bridgehead atoms. The molecule has 5 heteroatoms. The SMILES string of the molecule is N#Cc1ccc(OCC2CN2C(=O)O)cc1. The number of nitriles is 1. The number of ether oxygens (including phenoxy) is 1. The maximum atomic E-state index is 10.5. The minimum Gasteiger partial charge on any atom is -0.491 e. The zero-order chi connectivity index (χ0) is 11.5. The molecule has 1 aromatic rings. The van der Waals surface area contributed by atoms with Crippen LogP contribution in [-0.2, 0) is 0 Å². The molecular weight excluding hydrogens is 208 g/mol. The molecular formula is C11H10N2O3. The first kappa shape index (κ1) is 10.3. The fourth-order valence-corrected chi connectivity index (χ4v) is 1.37. The van der Waals surface area contributed by atoms with E-state index in [1.165, 1.54) is 4.90 Å². The van der Waals surface area contributed by atoms with Crippen LogP contribution in [0.3, 0.4) is 0 Å². The van der Waals surface area contributed by atoms with Crippen molar-refractivity contribution in [2.45, 2.75) is 6.04 Å². The predicted molar refractivity (Wildman–Crippen MR) is 55.2 cm³/mol. The molecule has 1 aliphatic heterocycles. The lowest BCUT2D eigenvalue weighted by atomic mass is 10.2. The smallest absolute Gasteiger partial charge is 0.407 e. The van der Waals surface area contributed by atoms with Gasteiger partial charge in [-0.05, 0) is 24.3 Å². The van der Waals surface area contributed by atoms with Gasteiger partial charge in [-0.15, -0.1) is 0 Å². The Morgan fingerprint density at radius 2 is 2.25 bits per heavy atom. The Labute approximate surface area is 92.5 Å². The maximum Gasteiger partial charge on any atom is 0.407 e. The van der Waals surface area contributed by atoms with Crippen molar-refractivity contribution in [2.24, 2.45) is 0 Å². The molecule has 0 saturated carbocycles. The summed E-state index contributed by atoms with van der Waals surface area (Å²) in [6.07, 6.45) is -0.909. The monoisotopic (exact) mass is 218 g/mol. The highest BCUT2D eigenvalue weighted by molar-refractivity contribution is 5.68. The van der Waals surface area contributed by atoms with Crippen molar-refractivity contribution in [2.75, 3.05) is 13.2 Å². The van der Waals surface area contributed by atoms with Crippen LogP contribution in [-0.4, -0.2) is 35.3 Å². The van der Waals surface area contributed by atoms with Gasteiger partial charge in [0.2, 0.25) is 0 Å². The standard InChI is InChI=1S/C11H10N2O3/c12-5-8-1-3-10(4-2-8)16-7-9-6-13(9)11(14)15/h1-4,9H,6-7H2,(H,14,15). The van der Waals surface area contributed by atoms with E-state index in [9.17, 15) is 4.79 Å². The zero-order valence-electron chi connectivity index (χ0n) is 8.46. The van der Waals surface area contributed by atoms with E-state index in [0.29, 0.717) is 24.5 Å². The third-order valence-corrected chi connectivity index (χ3v) is 2.39. The minimum absolute atomic E-state index is 0.0341. The molecule has 0 aromatic heterocycles. The average Bonchev–Trinajstić information content (AvgIpc) is 3.06. The van der Waals surface area contributed by atoms with Crippen molar-refractivity contribution in [3.63, 3.8) is 0 Å². The Kier molecular flexibility index (Phi) is 2.64. The van der Waals surface area contributed by atoms with Crippen molar-refractivity contribution >= 4 is 6.09 Å². The molecule has 0 radical (unpaired) electrons. The Morgan fingerprint density at radius 1 is 1.56 bits per heavy atom. The van der Waals surface area contributed by atoms with E-state index >= 15 is 0 Å². The highest BCUT2D eigenvalue weighted by atomic mass is 16.5. The summed E-state index contributed by atoms with van der Waals surface area (Å²) in [5.74, 6) is 0.649. The first-order valence-electron chi connectivity index (χ1n) is 4.83. The summed E-state index contributed by atoms with van der Waals surface area (Å²) < 4.78 is 5.40. The summed E-state index contributed by atoms with van der Waals surface area (Å²) in [7, 11) is 0. The zero-order valence-corrected chi connectivity index (χ0v) is 8.46. The Bertz CT molecular complexity index is 436. The van der Waals surface area contributed by atoms with E-state index in [-0.39, 0.29) is 6.04 Å². The summed E-state index contributed by atoms with van der Waals surface area (Å²) in [5.41, 5.74) is 0.575. The molecule has 16 heavy (non-hydrogen) atoms. The first-order chi connectivity index (χ1) is 7.70. The van der Waals surface area contributed by atoms with Gasteiger partial charge in [-0.3, -0.25) is 4.90 Å². The molecule has 1 aromatic carbocycles. The highest BCUT2D eigenvalue weighted by Gasteiger charge is 2.38. The van der Waals surface area contributed by atoms with E-state index in [2.05, 4.69) is 0 Å². The second-order valence-corrected chi connectivity index (χ2v) is 3.54. The van der Waals surface area contributed by atoms with Crippen molar-refractivity contribution in [1.29, 1.82) is 5.26 Å². The number of nitrogens with zero attached hydrogens (tertiary/aromatic N) is 2. The second-order valence-electron chi connectivity index (χ2n) is 3.54. The van der Waals surface area contributed by atoms with Crippen LogP contribution in [0.2, 0.25) is 0 Å². The molecule has 1 unspecified atom stereocenters. The van der Waals surface area contributed by atoms with Crippen LogP contribution >= 0.6 is 0 Å². The van der Waals surface area contributed by atoms with E-state index in [1.807, 2.05) is 6.07 Å². The number of hydrogen-bond acceptors (Lipinski definition) is 3. The average molecular weight is 218 g/mol. The topological polar surface area (TPSA) is 73.3 Å². The number of rotatable bonds is 3. The maximum absolute atomic E-state index is 10.5. The van der Waals surface area contributed by atoms with Crippen molar-refractivity contribution in [1.82, 2.24) is 4.90 Å². The predicted octanol–water partition coefficient (Wildman–Crippen LogP) is 1.30. The number of amides is 1. The van der Waals surface area contributed by atoms with Gasteiger partial charge in [0.25, 0.3) is 0 Å². The summed E-state index contributed by atoms with van der Waals surface area (Å²) in [5, 5.41) is 17.2. The van der Waals surface area contributed by atoms with E-state index in [4.69, 9.17) is 15.1 Å². The number of carboxylic acid groups (broad SMARTS) is 1. The second kappa shape index (κ2) is 4.11. The fourth-order valence-electron chi connectivity index (χ4n) is 1.37. The van der Waals surface area contributed by atoms with Gasteiger partial charge in [0.1, 0.15) is 12.4 Å². The first-order valence-corrected chi connectivity index (χ1v) is 4.83. The van der Waals surface area contributed by atoms with Gasteiger partial charge in [0.05, 0.1) is 17.7 Å². The molecule has 1 amide bonds. The fraction of sp³-hybridized carbons (Fsp3) is 0.273. The van der Waals surface area contributed by atoms with Crippen LogP contribution in [0.25, 0.3) is 0 Å². The number of carbonyl (C=O) groups is 1. The Morgan fingerprint density at radius 3 is 2.75 bits per heavy atom. The summed E-state index contributed by atoms with van der Waals surface area (Å²) in [6.45, 7) is 0.893. The molecule has 1 heterocycles. The van der Waals surface area contributed by atoms with Gasteiger partial charge in [-0.25, -0.2) is 4.79 Å². The van der Waals surface area contributed by atoms with Crippen molar-refractivity contribution in [3.05, 3.63) is 29.8 Å². The summed E-state index contributed by atoms with van der Waals surface area (Å²) >= 11 is 0. The van der Waals surface area contributed by atoms with Crippen LogP contribution in [0.4, 0.5) is 4.79 Å². The summed E-state index contributed by atoms with van der Waals surface area (Å²) in [6, 6.07) is 8.71. The molecule has 1 saturated heterocycles. The third-order valence-electron chi connectivity index (χ3n) is 2.39. The molecule has 2 rings (SSSR count). The van der Waals surface area contributed by atoms with Gasteiger partial charge in [-0.2, -0.15) is 5.26 Å². The van der Waals surface area contributed by atoms with Crippen LogP contribution in [0.15, 0.2) is 24.3 Å². The van der Waals surface area contributed by atoms with E-state index in [0.717, 1.165) is 0 Å². The third kappa shape index (κ3) is 2.23. The molecule has 0 aliphatic carbocycles. The van der Waals surface area contributed by atoms with Crippen LogP contribution in [0.5, 0.6) is 5.75 Å². The summed E-state index contributed by atoms with van der Waals surface area (Å²) in [4.78, 5) is 11.8. The van der Waals surface area contributed by atoms with Gasteiger partial charge in [0, 0.05) is 6.54 Å². The number of hydrogen-bond donors (Lipinski definition) is 1. The quantitative estimate of drug-likeness (QED) is 0.776. The minimum atomic E-state index is -0.909. The largest absolute Gasteiger partial charge is 0.491 e. The number of benzene rings is 1. The Balaban J connectivity index is 1.82. The highest BCUT2D eigenvalue weighted by Crippen LogP contribution is 2.19. The van der Waals surface area contributed by atoms with Gasteiger partial charge in [0.15, 0.2) is 0 Å². The molecule has 1 atom stereocenters. The van der Waals surface area contributed by atoms with Crippen LogP contribution < -0.4 is 4.74 Å². The van der Waals surface area contributed by atoms with E-state index in [1.54, 1.807) is 24.3 Å². The molecule has 0 spiro atoms. The normalized spacial score (nSPS) is 17.7. The lowest BCUT2D eigenvalue weighted by Crippen LogP contribution is -2.15. The van der Waals surface area contributed by atoms with E-state index < -0.39 is 6.09 Å². The van der Waals surface area contributed by atoms with Crippen molar-refractivity contribution in [3.8, 4) is 11.8 Å².